The lowest BCUT2D eigenvalue weighted by Crippen LogP contribution is -2.54. The van der Waals surface area contributed by atoms with Crippen LogP contribution < -0.4 is 5.32 Å². The van der Waals surface area contributed by atoms with Gasteiger partial charge in [-0.15, -0.1) is 0 Å². The number of piperidine rings is 1. The van der Waals surface area contributed by atoms with Gasteiger partial charge in [-0.1, -0.05) is 13.8 Å². The maximum absolute atomic E-state index is 11.8. The molecule has 1 N–H and O–H groups in total. The topological polar surface area (TPSA) is 60.4 Å². The molecule has 0 aromatic heterocycles. The first-order valence-electron chi connectivity index (χ1n) is 10.1. The summed E-state index contributed by atoms with van der Waals surface area (Å²) in [5, 5.41) is 3.57. The number of likely N-dealkylation sites (tertiary alicyclic amines) is 1. The van der Waals surface area contributed by atoms with Gasteiger partial charge in [0.25, 0.3) is 0 Å². The number of hydrogen-bond donors (Lipinski definition) is 1. The summed E-state index contributed by atoms with van der Waals surface area (Å²) in [5.74, 6) is 2.36. The Morgan fingerprint density at radius 3 is 2.50 bits per heavy atom. The fraction of sp³-hybridized carbons (Fsp3) is 0.895. The van der Waals surface area contributed by atoms with Crippen molar-refractivity contribution < 1.29 is 9.53 Å². The molecular weight excluding hydrogens is 330 g/mol. The van der Waals surface area contributed by atoms with Crippen molar-refractivity contribution in [2.45, 2.75) is 33.6 Å². The third-order valence-corrected chi connectivity index (χ3v) is 5.09. The highest BCUT2D eigenvalue weighted by Crippen LogP contribution is 2.17. The monoisotopic (exact) mass is 367 g/mol. The lowest BCUT2D eigenvalue weighted by atomic mass is 9.97. The Balaban J connectivity index is 1.75. The zero-order chi connectivity index (χ0) is 18.9. The van der Waals surface area contributed by atoms with E-state index in [2.05, 4.69) is 34.0 Å². The molecule has 150 valence electrons. The zero-order valence-electron chi connectivity index (χ0n) is 17.0. The van der Waals surface area contributed by atoms with E-state index in [1.54, 1.807) is 4.90 Å². The molecule has 1 amide bonds. The molecule has 1 atom stereocenters. The largest absolute Gasteiger partial charge is 0.450 e. The van der Waals surface area contributed by atoms with Crippen molar-refractivity contribution in [3.8, 4) is 0 Å². The second-order valence-corrected chi connectivity index (χ2v) is 7.76. The van der Waals surface area contributed by atoms with Crippen molar-refractivity contribution in [3.05, 3.63) is 0 Å². The first kappa shape index (κ1) is 20.8. The van der Waals surface area contributed by atoms with E-state index in [0.29, 0.717) is 25.6 Å². The first-order chi connectivity index (χ1) is 12.5. The second kappa shape index (κ2) is 10.6. The van der Waals surface area contributed by atoms with E-state index in [0.717, 1.165) is 31.5 Å². The molecule has 1 unspecified atom stereocenters. The van der Waals surface area contributed by atoms with Crippen LogP contribution in [0.4, 0.5) is 4.79 Å². The van der Waals surface area contributed by atoms with Crippen LogP contribution in [-0.4, -0.2) is 92.8 Å². The van der Waals surface area contributed by atoms with E-state index in [9.17, 15) is 4.79 Å². The molecule has 26 heavy (non-hydrogen) atoms. The highest BCUT2D eigenvalue weighted by Gasteiger charge is 2.25. The van der Waals surface area contributed by atoms with E-state index in [1.807, 2.05) is 14.0 Å². The van der Waals surface area contributed by atoms with Crippen LogP contribution in [0.3, 0.4) is 0 Å². The van der Waals surface area contributed by atoms with Crippen LogP contribution in [0.5, 0.6) is 0 Å². The summed E-state index contributed by atoms with van der Waals surface area (Å²) in [6.07, 6.45) is 2.37. The number of nitrogens with one attached hydrogen (secondary N) is 1. The summed E-state index contributed by atoms with van der Waals surface area (Å²) in [4.78, 5) is 22.9. The van der Waals surface area contributed by atoms with E-state index in [-0.39, 0.29) is 6.09 Å². The van der Waals surface area contributed by atoms with Crippen molar-refractivity contribution >= 4 is 12.1 Å². The van der Waals surface area contributed by atoms with Crippen LogP contribution in [0.15, 0.2) is 4.99 Å². The molecule has 0 spiro atoms. The van der Waals surface area contributed by atoms with Gasteiger partial charge in [-0.2, -0.15) is 0 Å². The number of piperazine rings is 1. The van der Waals surface area contributed by atoms with E-state index < -0.39 is 0 Å². The van der Waals surface area contributed by atoms with Gasteiger partial charge in [-0.05, 0) is 38.1 Å². The number of hydrogen-bond acceptors (Lipinski definition) is 4. The fourth-order valence-electron chi connectivity index (χ4n) is 3.88. The Hall–Kier alpha value is -1.50. The van der Waals surface area contributed by atoms with Crippen LogP contribution in [0.25, 0.3) is 0 Å². The van der Waals surface area contributed by atoms with Gasteiger partial charge in [-0.25, -0.2) is 4.79 Å². The predicted octanol–water partition coefficient (Wildman–Crippen LogP) is 1.70. The third-order valence-electron chi connectivity index (χ3n) is 5.09. The molecule has 2 aliphatic rings. The summed E-state index contributed by atoms with van der Waals surface area (Å²) >= 11 is 0. The highest BCUT2D eigenvalue weighted by molar-refractivity contribution is 5.80. The molecule has 0 aromatic carbocycles. The summed E-state index contributed by atoms with van der Waals surface area (Å²) in [7, 11) is 1.84. The fourth-order valence-corrected chi connectivity index (χ4v) is 3.88. The van der Waals surface area contributed by atoms with Crippen LogP contribution in [0, 0.1) is 11.8 Å². The van der Waals surface area contributed by atoms with Crippen molar-refractivity contribution in [1.82, 2.24) is 20.0 Å². The average molecular weight is 368 g/mol. The summed E-state index contributed by atoms with van der Waals surface area (Å²) in [5.41, 5.74) is 0. The molecule has 2 fully saturated rings. The normalized spacial score (nSPS) is 22.7. The van der Waals surface area contributed by atoms with Crippen LogP contribution in [-0.2, 0) is 4.74 Å². The van der Waals surface area contributed by atoms with Crippen LogP contribution in [0.1, 0.15) is 33.6 Å². The van der Waals surface area contributed by atoms with Gasteiger partial charge in [0.1, 0.15) is 0 Å². The minimum Gasteiger partial charge on any atom is -0.450 e. The Labute approximate surface area is 158 Å². The minimum atomic E-state index is -0.206. The molecule has 2 aliphatic heterocycles. The Kier molecular flexibility index (Phi) is 8.48. The quantitative estimate of drug-likeness (QED) is 0.592. The van der Waals surface area contributed by atoms with Gasteiger partial charge in [0.2, 0.25) is 0 Å². The molecule has 0 radical (unpaired) electrons. The SMILES string of the molecule is CCOC(=O)N1CCN(C(=NC)NCC2CCCN(CC(C)C)C2)CC1. The molecule has 7 nitrogen and oxygen atoms in total. The first-order valence-corrected chi connectivity index (χ1v) is 10.1. The molecule has 2 heterocycles. The predicted molar refractivity (Wildman–Crippen MR) is 106 cm³/mol. The summed E-state index contributed by atoms with van der Waals surface area (Å²) in [6, 6.07) is 0. The van der Waals surface area contributed by atoms with Crippen molar-refractivity contribution in [2.24, 2.45) is 16.8 Å². The Bertz CT molecular complexity index is 461. The van der Waals surface area contributed by atoms with E-state index >= 15 is 0 Å². The number of nitrogens with zero attached hydrogens (tertiary/aromatic N) is 4. The van der Waals surface area contributed by atoms with Gasteiger partial charge in [0, 0.05) is 52.9 Å². The second-order valence-electron chi connectivity index (χ2n) is 7.76. The standard InChI is InChI=1S/C19H37N5O2/c1-5-26-19(25)24-11-9-23(10-12-24)18(20-4)21-13-17-7-6-8-22(15-17)14-16(2)3/h16-17H,5-15H2,1-4H3,(H,20,21). The van der Waals surface area contributed by atoms with Gasteiger partial charge in [0.05, 0.1) is 6.61 Å². The Morgan fingerprint density at radius 1 is 1.19 bits per heavy atom. The number of amides is 1. The minimum absolute atomic E-state index is 0.206. The molecular formula is C19H37N5O2. The van der Waals surface area contributed by atoms with Gasteiger partial charge in [-0.3, -0.25) is 4.99 Å². The lowest BCUT2D eigenvalue weighted by Gasteiger charge is -2.37. The molecule has 0 aliphatic carbocycles. The zero-order valence-corrected chi connectivity index (χ0v) is 17.0. The molecule has 2 saturated heterocycles. The number of aliphatic imine (C=N–C) groups is 1. The molecule has 0 bridgehead atoms. The van der Waals surface area contributed by atoms with Crippen molar-refractivity contribution in [2.75, 3.05) is 66.0 Å². The number of carbonyl (C=O) groups is 1. The highest BCUT2D eigenvalue weighted by atomic mass is 16.6. The summed E-state index contributed by atoms with van der Waals surface area (Å²) in [6.45, 7) is 14.4. The smallest absolute Gasteiger partial charge is 0.409 e. The van der Waals surface area contributed by atoms with Crippen LogP contribution >= 0.6 is 0 Å². The third kappa shape index (κ3) is 6.34. The Morgan fingerprint density at radius 2 is 1.88 bits per heavy atom. The summed E-state index contributed by atoms with van der Waals surface area (Å²) < 4.78 is 5.09. The van der Waals surface area contributed by atoms with Gasteiger partial charge >= 0.3 is 6.09 Å². The molecule has 0 saturated carbocycles. The van der Waals surface area contributed by atoms with E-state index in [4.69, 9.17) is 4.74 Å². The van der Waals surface area contributed by atoms with E-state index in [1.165, 1.54) is 32.5 Å². The molecule has 0 aromatic rings. The molecule has 2 rings (SSSR count). The van der Waals surface area contributed by atoms with Crippen molar-refractivity contribution in [3.63, 3.8) is 0 Å². The number of ether oxygens (including phenoxy) is 1. The van der Waals surface area contributed by atoms with Crippen LogP contribution in [0.2, 0.25) is 0 Å². The maximum Gasteiger partial charge on any atom is 0.409 e. The van der Waals surface area contributed by atoms with Crippen molar-refractivity contribution in [1.29, 1.82) is 0 Å². The number of carbonyl (C=O) groups excluding carboxylic acids is 1. The number of guanidine groups is 1. The average Bonchev–Trinajstić information content (AvgIpc) is 2.63. The van der Waals surface area contributed by atoms with Gasteiger partial charge < -0.3 is 24.8 Å². The van der Waals surface area contributed by atoms with Gasteiger partial charge in [0.15, 0.2) is 5.96 Å². The number of rotatable bonds is 5. The molecule has 7 heteroatoms. The maximum atomic E-state index is 11.8. The lowest BCUT2D eigenvalue weighted by molar-refractivity contribution is 0.0913.